The molecule has 4 rings (SSSR count). The number of benzene rings is 3. The van der Waals surface area contributed by atoms with Crippen molar-refractivity contribution in [3.8, 4) is 22.1 Å². The third-order valence-corrected chi connectivity index (χ3v) is 8.31. The van der Waals surface area contributed by atoms with Crippen LogP contribution in [0.15, 0.2) is 74.6 Å². The predicted octanol–water partition coefficient (Wildman–Crippen LogP) is 7.49. The summed E-state index contributed by atoms with van der Waals surface area (Å²) < 4.78 is 13.1. The zero-order valence-electron chi connectivity index (χ0n) is 20.0. The average molecular weight is 652 g/mol. The largest absolute Gasteiger partial charge is 0.490 e. The van der Waals surface area contributed by atoms with Gasteiger partial charge in [-0.05, 0) is 52.7 Å². The van der Waals surface area contributed by atoms with Gasteiger partial charge in [-0.3, -0.25) is 4.79 Å². The number of carbonyl (C=O) groups is 1. The number of aromatic nitrogens is 2. The van der Waals surface area contributed by atoms with Crippen LogP contribution < -0.4 is 14.9 Å². The number of thioether (sulfide) groups is 1. The van der Waals surface area contributed by atoms with Gasteiger partial charge < -0.3 is 9.47 Å². The van der Waals surface area contributed by atoms with Gasteiger partial charge in [-0.25, -0.2) is 5.43 Å². The van der Waals surface area contributed by atoms with E-state index < -0.39 is 0 Å². The second kappa shape index (κ2) is 14.0. The fourth-order valence-corrected chi connectivity index (χ4v) is 5.91. The van der Waals surface area contributed by atoms with Crippen LogP contribution in [-0.2, 0) is 11.4 Å². The van der Waals surface area contributed by atoms with Crippen molar-refractivity contribution >= 4 is 74.4 Å². The predicted molar refractivity (Wildman–Crippen MR) is 158 cm³/mol. The van der Waals surface area contributed by atoms with Gasteiger partial charge in [0.1, 0.15) is 11.6 Å². The SMILES string of the molecule is CCOc1cc(C=NNC(=O)CSc2nnc(-c3ccccc3)s2)cc(Br)c1OCc1c(Cl)cccc1Cl. The molecule has 0 saturated heterocycles. The minimum Gasteiger partial charge on any atom is -0.490 e. The van der Waals surface area contributed by atoms with Crippen molar-refractivity contribution in [1.82, 2.24) is 15.6 Å². The lowest BCUT2D eigenvalue weighted by Crippen LogP contribution is -2.19. The number of hydrazone groups is 1. The highest BCUT2D eigenvalue weighted by atomic mass is 79.9. The van der Waals surface area contributed by atoms with Gasteiger partial charge in [-0.1, -0.05) is 82.7 Å². The first-order valence-corrected chi connectivity index (χ1v) is 14.7. The Labute approximate surface area is 246 Å². The Balaban J connectivity index is 1.35. The van der Waals surface area contributed by atoms with Crippen molar-refractivity contribution in [1.29, 1.82) is 0 Å². The van der Waals surface area contributed by atoms with Crippen molar-refractivity contribution < 1.29 is 14.3 Å². The molecule has 12 heteroatoms. The molecule has 38 heavy (non-hydrogen) atoms. The smallest absolute Gasteiger partial charge is 0.250 e. The number of hydrogen-bond acceptors (Lipinski definition) is 8. The van der Waals surface area contributed by atoms with E-state index in [0.29, 0.717) is 48.1 Å². The second-order valence-corrected chi connectivity index (χ2v) is 11.4. The number of ether oxygens (including phenoxy) is 2. The van der Waals surface area contributed by atoms with Crippen LogP contribution in [0.1, 0.15) is 18.1 Å². The highest BCUT2D eigenvalue weighted by Crippen LogP contribution is 2.38. The molecule has 0 aliphatic heterocycles. The summed E-state index contributed by atoms with van der Waals surface area (Å²) in [7, 11) is 0. The van der Waals surface area contributed by atoms with Gasteiger partial charge in [0.25, 0.3) is 5.91 Å². The highest BCUT2D eigenvalue weighted by molar-refractivity contribution is 9.10. The number of hydrogen-bond donors (Lipinski definition) is 1. The first kappa shape index (κ1) is 28.4. The van der Waals surface area contributed by atoms with Crippen LogP contribution in [0.4, 0.5) is 0 Å². The molecule has 0 atom stereocenters. The first-order chi connectivity index (χ1) is 18.4. The minimum atomic E-state index is -0.261. The molecule has 7 nitrogen and oxygen atoms in total. The van der Waals surface area contributed by atoms with Gasteiger partial charge in [0.15, 0.2) is 15.8 Å². The topological polar surface area (TPSA) is 85.7 Å². The van der Waals surface area contributed by atoms with E-state index in [4.69, 9.17) is 32.7 Å². The number of nitrogens with one attached hydrogen (secondary N) is 1. The van der Waals surface area contributed by atoms with Crippen LogP contribution in [0.3, 0.4) is 0 Å². The third kappa shape index (κ3) is 7.70. The summed E-state index contributed by atoms with van der Waals surface area (Å²) in [6, 6.07) is 18.7. The van der Waals surface area contributed by atoms with Gasteiger partial charge in [0, 0.05) is 21.2 Å². The molecule has 4 aromatic rings. The molecule has 0 radical (unpaired) electrons. The van der Waals surface area contributed by atoms with Crippen LogP contribution >= 0.6 is 62.2 Å². The van der Waals surface area contributed by atoms with Gasteiger partial charge in [-0.2, -0.15) is 5.10 Å². The van der Waals surface area contributed by atoms with E-state index in [1.54, 1.807) is 24.3 Å². The molecule has 3 aromatic carbocycles. The Kier molecular flexibility index (Phi) is 10.4. The molecular formula is C26H21BrCl2N4O3S2. The molecule has 0 aliphatic carbocycles. The zero-order chi connectivity index (χ0) is 26.9. The fourth-order valence-electron chi connectivity index (χ4n) is 3.18. The Hall–Kier alpha value is -2.63. The van der Waals surface area contributed by atoms with Gasteiger partial charge >= 0.3 is 0 Å². The number of halogens is 3. The summed E-state index contributed by atoms with van der Waals surface area (Å²) in [5.41, 5.74) is 4.91. The van der Waals surface area contributed by atoms with E-state index >= 15 is 0 Å². The van der Waals surface area contributed by atoms with Crippen molar-refractivity contribution in [3.63, 3.8) is 0 Å². The van der Waals surface area contributed by atoms with E-state index in [0.717, 1.165) is 10.6 Å². The molecule has 196 valence electrons. The van der Waals surface area contributed by atoms with E-state index in [1.807, 2.05) is 43.3 Å². The number of rotatable bonds is 11. The highest BCUT2D eigenvalue weighted by Gasteiger charge is 2.15. The molecular weight excluding hydrogens is 631 g/mol. The lowest BCUT2D eigenvalue weighted by atomic mass is 10.2. The Morgan fingerprint density at radius 2 is 1.87 bits per heavy atom. The summed E-state index contributed by atoms with van der Waals surface area (Å²) in [5.74, 6) is 0.918. The number of nitrogens with zero attached hydrogens (tertiary/aromatic N) is 3. The molecule has 0 bridgehead atoms. The molecule has 0 fully saturated rings. The van der Waals surface area contributed by atoms with Crippen LogP contribution in [0, 0.1) is 0 Å². The summed E-state index contributed by atoms with van der Waals surface area (Å²) in [4.78, 5) is 12.3. The molecule has 1 heterocycles. The quantitative estimate of drug-likeness (QED) is 0.103. The van der Waals surface area contributed by atoms with Crippen molar-refractivity contribution in [2.75, 3.05) is 12.4 Å². The number of carbonyl (C=O) groups excluding carboxylic acids is 1. The van der Waals surface area contributed by atoms with Crippen LogP contribution in [0.5, 0.6) is 11.5 Å². The molecule has 0 spiro atoms. The fraction of sp³-hybridized carbons (Fsp3) is 0.154. The standard InChI is InChI=1S/C26H21BrCl2N4O3S2/c1-2-35-22-12-16(11-19(27)24(22)36-14-18-20(28)9-6-10-21(18)29)13-30-31-23(34)15-37-26-33-32-25(38-26)17-7-4-3-5-8-17/h3-13H,2,14-15H2,1H3,(H,31,34). The van der Waals surface area contributed by atoms with Crippen molar-refractivity contribution in [2.45, 2.75) is 17.9 Å². The molecule has 1 N–H and O–H groups in total. The average Bonchev–Trinajstić information content (AvgIpc) is 3.38. The molecule has 0 unspecified atom stereocenters. The monoisotopic (exact) mass is 650 g/mol. The molecule has 0 saturated carbocycles. The van der Waals surface area contributed by atoms with E-state index in [-0.39, 0.29) is 18.3 Å². The maximum atomic E-state index is 12.3. The lowest BCUT2D eigenvalue weighted by molar-refractivity contribution is -0.118. The van der Waals surface area contributed by atoms with Crippen molar-refractivity contribution in [3.05, 3.63) is 86.3 Å². The Bertz CT molecular complexity index is 1420. The van der Waals surface area contributed by atoms with E-state index in [1.165, 1.54) is 29.3 Å². The normalized spacial score (nSPS) is 11.1. The Morgan fingerprint density at radius 3 is 2.61 bits per heavy atom. The van der Waals surface area contributed by atoms with Crippen LogP contribution in [0.2, 0.25) is 10.0 Å². The summed E-state index contributed by atoms with van der Waals surface area (Å²) in [6.45, 7) is 2.48. The van der Waals surface area contributed by atoms with Crippen molar-refractivity contribution in [2.24, 2.45) is 5.10 Å². The maximum absolute atomic E-state index is 12.3. The maximum Gasteiger partial charge on any atom is 0.250 e. The second-order valence-electron chi connectivity index (χ2n) is 7.57. The van der Waals surface area contributed by atoms with Gasteiger partial charge in [0.2, 0.25) is 0 Å². The van der Waals surface area contributed by atoms with Crippen LogP contribution in [0.25, 0.3) is 10.6 Å². The molecule has 1 aromatic heterocycles. The summed E-state index contributed by atoms with van der Waals surface area (Å²) >= 11 is 18.8. The van der Waals surface area contributed by atoms with E-state index in [2.05, 4.69) is 36.7 Å². The van der Waals surface area contributed by atoms with Gasteiger partial charge in [-0.15, -0.1) is 10.2 Å². The Morgan fingerprint density at radius 1 is 1.11 bits per heavy atom. The summed E-state index contributed by atoms with van der Waals surface area (Å²) in [5, 5.41) is 14.3. The summed E-state index contributed by atoms with van der Waals surface area (Å²) in [6.07, 6.45) is 1.53. The third-order valence-electron chi connectivity index (χ3n) is 4.91. The van der Waals surface area contributed by atoms with E-state index in [9.17, 15) is 4.79 Å². The van der Waals surface area contributed by atoms with Gasteiger partial charge in [0.05, 0.1) is 23.0 Å². The first-order valence-electron chi connectivity index (χ1n) is 11.3. The van der Waals surface area contributed by atoms with Crippen LogP contribution in [-0.4, -0.2) is 34.7 Å². The number of amides is 1. The molecule has 0 aliphatic rings. The lowest BCUT2D eigenvalue weighted by Gasteiger charge is -2.15. The molecule has 1 amide bonds. The zero-order valence-corrected chi connectivity index (χ0v) is 24.7. The minimum absolute atomic E-state index is 0.159.